The Hall–Kier alpha value is -4.59. The van der Waals surface area contributed by atoms with Crippen LogP contribution in [0.1, 0.15) is 36.6 Å². The lowest BCUT2D eigenvalue weighted by Crippen LogP contribution is -2.42. The van der Waals surface area contributed by atoms with E-state index in [1.165, 1.54) is 66.7 Å². The molecule has 0 bridgehead atoms. The van der Waals surface area contributed by atoms with E-state index in [4.69, 9.17) is 4.74 Å². The molecule has 0 saturated heterocycles. The zero-order chi connectivity index (χ0) is 28.2. The highest BCUT2D eigenvalue weighted by atomic mass is 19.1. The minimum atomic E-state index is -0.912. The molecule has 40 heavy (non-hydrogen) atoms. The van der Waals surface area contributed by atoms with Crippen LogP contribution < -0.4 is 10.2 Å². The molecule has 0 saturated carbocycles. The summed E-state index contributed by atoms with van der Waals surface area (Å²) in [6.45, 7) is 1.77. The standard InChI is InChI=1S/C32H26F4N2O2/c1-2-40-32(39)30-28(37-26-13-9-22(33)10-14-26)19-29(20-5-3-7-24(35)17-20)38(27-15-11-23(34)12-16-27)31(30)21-6-4-8-25(36)18-21/h3-18,29,31,37H,2,19H2,1H3. The molecule has 5 rings (SSSR count). The molecular formula is C32H26F4N2O2. The van der Waals surface area contributed by atoms with Gasteiger partial charge in [0.1, 0.15) is 23.3 Å². The van der Waals surface area contributed by atoms with E-state index < -0.39 is 41.3 Å². The maximum Gasteiger partial charge on any atom is 0.338 e. The van der Waals surface area contributed by atoms with Crippen LogP contribution in [0.25, 0.3) is 0 Å². The average molecular weight is 547 g/mol. The van der Waals surface area contributed by atoms with Crippen molar-refractivity contribution in [3.8, 4) is 0 Å². The first kappa shape index (κ1) is 27.0. The smallest absolute Gasteiger partial charge is 0.338 e. The minimum Gasteiger partial charge on any atom is -0.463 e. The summed E-state index contributed by atoms with van der Waals surface area (Å²) >= 11 is 0. The molecule has 1 N–H and O–H groups in total. The van der Waals surface area contributed by atoms with Gasteiger partial charge >= 0.3 is 5.97 Å². The molecule has 4 aromatic rings. The van der Waals surface area contributed by atoms with Crippen LogP contribution in [0.15, 0.2) is 108 Å². The Bertz CT molecular complexity index is 1540. The largest absolute Gasteiger partial charge is 0.463 e. The highest BCUT2D eigenvalue weighted by Crippen LogP contribution is 2.48. The quantitative estimate of drug-likeness (QED) is 0.189. The lowest BCUT2D eigenvalue weighted by molar-refractivity contribution is -0.139. The van der Waals surface area contributed by atoms with E-state index in [2.05, 4.69) is 5.32 Å². The Morgan fingerprint density at radius 1 is 0.800 bits per heavy atom. The maximum absolute atomic E-state index is 14.6. The van der Waals surface area contributed by atoms with E-state index in [0.717, 1.165) is 0 Å². The zero-order valence-electron chi connectivity index (χ0n) is 21.6. The number of nitrogens with one attached hydrogen (secondary N) is 1. The summed E-state index contributed by atoms with van der Waals surface area (Å²) in [5.74, 6) is -2.48. The first-order valence-corrected chi connectivity index (χ1v) is 12.8. The first-order chi connectivity index (χ1) is 19.3. The van der Waals surface area contributed by atoms with E-state index in [0.29, 0.717) is 28.2 Å². The molecule has 1 aliphatic heterocycles. The molecular weight excluding hydrogens is 520 g/mol. The van der Waals surface area contributed by atoms with Crippen molar-refractivity contribution in [2.75, 3.05) is 16.8 Å². The van der Waals surface area contributed by atoms with Crippen molar-refractivity contribution in [2.45, 2.75) is 25.4 Å². The second-order valence-corrected chi connectivity index (χ2v) is 9.36. The lowest BCUT2D eigenvalue weighted by Gasteiger charge is -2.46. The van der Waals surface area contributed by atoms with Crippen LogP contribution in [0.4, 0.5) is 28.9 Å². The molecule has 8 heteroatoms. The zero-order valence-corrected chi connectivity index (χ0v) is 21.6. The van der Waals surface area contributed by atoms with Gasteiger partial charge in [-0.15, -0.1) is 0 Å². The van der Waals surface area contributed by atoms with Crippen molar-refractivity contribution < 1.29 is 27.1 Å². The molecule has 2 unspecified atom stereocenters. The highest BCUT2D eigenvalue weighted by Gasteiger charge is 2.42. The summed E-state index contributed by atoms with van der Waals surface area (Å²) < 4.78 is 62.3. The van der Waals surface area contributed by atoms with Crippen molar-refractivity contribution >= 4 is 17.3 Å². The third kappa shape index (κ3) is 5.71. The number of nitrogens with zero attached hydrogens (tertiary/aromatic N) is 1. The van der Waals surface area contributed by atoms with Crippen LogP contribution in [-0.4, -0.2) is 12.6 Å². The lowest BCUT2D eigenvalue weighted by atomic mass is 9.84. The number of ether oxygens (including phenoxy) is 1. The Labute approximate surface area is 229 Å². The van der Waals surface area contributed by atoms with E-state index in [-0.39, 0.29) is 18.6 Å². The van der Waals surface area contributed by atoms with Gasteiger partial charge in [-0.3, -0.25) is 0 Å². The number of carbonyl (C=O) groups is 1. The first-order valence-electron chi connectivity index (χ1n) is 12.8. The summed E-state index contributed by atoms with van der Waals surface area (Å²) in [4.78, 5) is 15.5. The molecule has 4 aromatic carbocycles. The van der Waals surface area contributed by atoms with Crippen molar-refractivity contribution in [3.05, 3.63) is 143 Å². The predicted octanol–water partition coefficient (Wildman–Crippen LogP) is 7.87. The van der Waals surface area contributed by atoms with Crippen LogP contribution in [0.3, 0.4) is 0 Å². The number of hydrogen-bond acceptors (Lipinski definition) is 4. The molecule has 1 aliphatic rings. The molecule has 0 amide bonds. The van der Waals surface area contributed by atoms with Gasteiger partial charge in [-0.25, -0.2) is 22.4 Å². The van der Waals surface area contributed by atoms with E-state index in [1.54, 1.807) is 37.3 Å². The number of carbonyl (C=O) groups excluding carboxylic acids is 1. The van der Waals surface area contributed by atoms with Crippen LogP contribution in [0.2, 0.25) is 0 Å². The van der Waals surface area contributed by atoms with Gasteiger partial charge in [0.2, 0.25) is 0 Å². The minimum absolute atomic E-state index is 0.0892. The van der Waals surface area contributed by atoms with Crippen molar-refractivity contribution in [1.29, 1.82) is 0 Å². The Morgan fingerprint density at radius 3 is 1.98 bits per heavy atom. The van der Waals surface area contributed by atoms with Gasteiger partial charge in [0.05, 0.1) is 24.3 Å². The summed E-state index contributed by atoms with van der Waals surface area (Å²) in [6, 6.07) is 21.8. The fourth-order valence-corrected chi connectivity index (χ4v) is 5.09. The molecule has 0 fully saturated rings. The molecule has 4 nitrogen and oxygen atoms in total. The average Bonchev–Trinajstić information content (AvgIpc) is 2.94. The van der Waals surface area contributed by atoms with E-state index in [9.17, 15) is 22.4 Å². The number of benzene rings is 4. The number of anilines is 2. The SMILES string of the molecule is CCOC(=O)C1=C(Nc2ccc(F)cc2)CC(c2cccc(F)c2)N(c2ccc(F)cc2)C1c1cccc(F)c1. The summed E-state index contributed by atoms with van der Waals surface area (Å²) in [5.41, 5.74) is 2.73. The van der Waals surface area contributed by atoms with Gasteiger partial charge in [0.25, 0.3) is 0 Å². The van der Waals surface area contributed by atoms with Crippen molar-refractivity contribution in [3.63, 3.8) is 0 Å². The second-order valence-electron chi connectivity index (χ2n) is 9.36. The number of hydrogen-bond donors (Lipinski definition) is 1. The molecule has 0 aromatic heterocycles. The fourth-order valence-electron chi connectivity index (χ4n) is 5.09. The van der Waals surface area contributed by atoms with Gasteiger partial charge in [0, 0.05) is 23.5 Å². The van der Waals surface area contributed by atoms with Crippen LogP contribution >= 0.6 is 0 Å². The summed E-state index contributed by atoms with van der Waals surface area (Å²) in [5, 5.41) is 3.25. The number of rotatable bonds is 7. The van der Waals surface area contributed by atoms with Crippen LogP contribution in [-0.2, 0) is 9.53 Å². The molecule has 1 heterocycles. The third-order valence-corrected chi connectivity index (χ3v) is 6.77. The normalized spacial score (nSPS) is 17.1. The summed E-state index contributed by atoms with van der Waals surface area (Å²) in [6.07, 6.45) is 0.179. The van der Waals surface area contributed by atoms with Crippen LogP contribution in [0, 0.1) is 23.3 Å². The van der Waals surface area contributed by atoms with Gasteiger partial charge in [-0.05, 0) is 90.8 Å². The van der Waals surface area contributed by atoms with Crippen molar-refractivity contribution in [2.24, 2.45) is 0 Å². The predicted molar refractivity (Wildman–Crippen MR) is 145 cm³/mol. The third-order valence-electron chi connectivity index (χ3n) is 6.77. The van der Waals surface area contributed by atoms with Crippen LogP contribution in [0.5, 0.6) is 0 Å². The van der Waals surface area contributed by atoms with E-state index >= 15 is 0 Å². The monoisotopic (exact) mass is 546 g/mol. The summed E-state index contributed by atoms with van der Waals surface area (Å²) in [7, 11) is 0. The Kier molecular flexibility index (Phi) is 7.86. The fraction of sp³-hybridized carbons (Fsp3) is 0.156. The van der Waals surface area contributed by atoms with Gasteiger partial charge < -0.3 is 15.0 Å². The molecule has 0 radical (unpaired) electrons. The highest BCUT2D eigenvalue weighted by molar-refractivity contribution is 5.93. The van der Waals surface area contributed by atoms with Crippen molar-refractivity contribution in [1.82, 2.24) is 0 Å². The molecule has 0 aliphatic carbocycles. The second kappa shape index (κ2) is 11.7. The van der Waals surface area contributed by atoms with E-state index in [1.807, 2.05) is 4.90 Å². The molecule has 0 spiro atoms. The Morgan fingerprint density at radius 2 is 1.38 bits per heavy atom. The number of esters is 1. The van der Waals surface area contributed by atoms with Gasteiger partial charge in [-0.2, -0.15) is 0 Å². The topological polar surface area (TPSA) is 41.6 Å². The maximum atomic E-state index is 14.6. The number of halogens is 4. The van der Waals surface area contributed by atoms with Gasteiger partial charge in [0.15, 0.2) is 0 Å². The Balaban J connectivity index is 1.79. The van der Waals surface area contributed by atoms with Gasteiger partial charge in [-0.1, -0.05) is 24.3 Å². The molecule has 204 valence electrons. The molecule has 2 atom stereocenters.